The first kappa shape index (κ1) is 62.4. The maximum Gasteiger partial charge on any atom is 0.338 e. The van der Waals surface area contributed by atoms with Crippen molar-refractivity contribution in [3.63, 3.8) is 0 Å². The summed E-state index contributed by atoms with van der Waals surface area (Å²) in [6, 6.07) is 20.7. The lowest BCUT2D eigenvalue weighted by Gasteiger charge is -2.38. The van der Waals surface area contributed by atoms with Crippen LogP contribution in [0.4, 0.5) is 24.1 Å². The third-order valence-corrected chi connectivity index (χ3v) is 17.9. The number of carbonyl (C=O) groups excluding carboxylic acids is 4. The molecule has 4 atom stereocenters. The molecular weight excluding hydrogens is 1240 g/mol. The molecule has 26 heteroatoms. The van der Waals surface area contributed by atoms with E-state index < -0.39 is 35.7 Å². The van der Waals surface area contributed by atoms with E-state index in [0.717, 1.165) is 16.9 Å². The molecule has 2 N–H and O–H groups in total. The number of rotatable bonds is 13. The molecule has 0 bridgehead atoms. The Kier molecular flexibility index (Phi) is 19.5. The lowest BCUT2D eigenvalue weighted by Crippen LogP contribution is -2.53. The van der Waals surface area contributed by atoms with E-state index in [1.54, 1.807) is 53.6 Å². The number of halogens is 4. The van der Waals surface area contributed by atoms with E-state index in [1.165, 1.54) is 73.3 Å². The van der Waals surface area contributed by atoms with Gasteiger partial charge < -0.3 is 44.4 Å². The summed E-state index contributed by atoms with van der Waals surface area (Å²) < 4.78 is 43.5. The number of nitrogens with zero attached hydrogens (tertiary/aromatic N) is 11. The third kappa shape index (κ3) is 14.0. The molecule has 6 aromatic rings. The standard InChI is InChI=1S/C32H27ClFN7O3S.C32H30ClFN6O4S/c1-35-22-8-5-20(6-9-22)4-3-12-40-18-23-17-39(13-14-41(23)32(40)43)19-26-27(31(42)44-2)28(24-10-7-21(34)16-25(24)33)38-29(37-26)30-36-11-15-45-30;1-43-23-8-5-20(6-9-23)4-3-12-39-18-22-17-38(13-14-40(22)32(39)42)19-26-27(31(41)44-2)28(24-10-7-21(34)16-25(24)33)37-29(36-26)30-35-11-15-45-30/h5-11,15-16,23,28H,12-14,17-19H2,2H3,(H,37,38);5-11,15-16,22,28H,12-14,17-19H2,1-2H3,(H,36,37)/t23-,28-;22-,28-/m00/s1. The number of benzene rings is 4. The molecule has 0 spiro atoms. The Morgan fingerprint density at radius 1 is 0.644 bits per heavy atom. The van der Waals surface area contributed by atoms with Crippen molar-refractivity contribution in [3.05, 3.63) is 196 Å². The number of hydrogen-bond donors (Lipinski definition) is 2. The average Bonchev–Trinajstić information content (AvgIpc) is 0.956. The topological polar surface area (TPSA) is 194 Å². The highest BCUT2D eigenvalue weighted by Crippen LogP contribution is 2.39. The Morgan fingerprint density at radius 3 is 1.48 bits per heavy atom. The van der Waals surface area contributed by atoms with Gasteiger partial charge in [0.15, 0.2) is 27.4 Å². The van der Waals surface area contributed by atoms with Crippen LogP contribution in [0.1, 0.15) is 44.4 Å². The Balaban J connectivity index is 0.000000185. The highest BCUT2D eigenvalue weighted by atomic mass is 35.5. The molecule has 0 radical (unpaired) electrons. The van der Waals surface area contributed by atoms with E-state index in [2.05, 4.69) is 58.9 Å². The van der Waals surface area contributed by atoms with Crippen LogP contribution in [0.15, 0.2) is 141 Å². The number of piperazine rings is 2. The van der Waals surface area contributed by atoms with Crippen LogP contribution in [-0.2, 0) is 19.1 Å². The molecule has 0 saturated carbocycles. The lowest BCUT2D eigenvalue weighted by atomic mass is 9.95. The number of esters is 2. The summed E-state index contributed by atoms with van der Waals surface area (Å²) in [5, 5.41) is 11.9. The number of amides is 4. The molecule has 4 aromatic carbocycles. The summed E-state index contributed by atoms with van der Waals surface area (Å²) in [6.45, 7) is 12.9. The number of fused-ring (bicyclic) bond motifs is 2. The van der Waals surface area contributed by atoms with Crippen molar-refractivity contribution in [2.45, 2.75) is 24.2 Å². The van der Waals surface area contributed by atoms with E-state index in [-0.39, 0.29) is 45.3 Å². The van der Waals surface area contributed by atoms with Crippen molar-refractivity contribution in [1.82, 2.24) is 50.0 Å². The minimum absolute atomic E-state index is 0.0295. The van der Waals surface area contributed by atoms with Gasteiger partial charge in [-0.15, -0.1) is 22.7 Å². The SMILES string of the molecule is COC(=O)C1=C(CN2CCN3C(=O)N(CC#Cc4ccc(OC)cc4)C[C@@H]3C2)NC(c2nccs2)=N[C@H]1c1ccc(F)cc1Cl.[C-]#[N+]c1ccc(C#CCN2C[C@@H]3CN(CC4=C(C(=O)OC)[C@H](c5ccc(F)cc5Cl)N=C(c5nccs5)N4)CCN3C2=O)cc1. The molecule has 0 aliphatic carbocycles. The van der Waals surface area contributed by atoms with Crippen LogP contribution in [0.5, 0.6) is 5.75 Å². The summed E-state index contributed by atoms with van der Waals surface area (Å²) in [7, 11) is 4.23. The fourth-order valence-corrected chi connectivity index (χ4v) is 13.1. The van der Waals surface area contributed by atoms with Crippen molar-refractivity contribution in [2.75, 3.05) is 99.9 Å². The monoisotopic (exact) mass is 1290 g/mol. The second kappa shape index (κ2) is 28.1. The Labute approximate surface area is 535 Å². The molecule has 4 fully saturated rings. The molecule has 0 unspecified atom stereocenters. The fourth-order valence-electron chi connectivity index (χ4n) is 11.4. The van der Waals surface area contributed by atoms with Gasteiger partial charge in [0.05, 0.1) is 64.2 Å². The summed E-state index contributed by atoms with van der Waals surface area (Å²) in [4.78, 5) is 86.3. The predicted molar refractivity (Wildman–Crippen MR) is 337 cm³/mol. The summed E-state index contributed by atoms with van der Waals surface area (Å²) in [5.74, 6) is 12.0. The van der Waals surface area contributed by atoms with Crippen LogP contribution in [0, 0.1) is 41.9 Å². The normalized spacial score (nSPS) is 19.8. The summed E-state index contributed by atoms with van der Waals surface area (Å²) in [5.41, 5.74) is 4.86. The van der Waals surface area contributed by atoms with Gasteiger partial charge >= 0.3 is 24.0 Å². The number of nitrogens with one attached hydrogen (secondary N) is 2. The number of aromatic nitrogens is 2. The first-order valence-electron chi connectivity index (χ1n) is 28.4. The van der Waals surface area contributed by atoms with E-state index in [1.807, 2.05) is 44.8 Å². The highest BCUT2D eigenvalue weighted by molar-refractivity contribution is 7.12. The molecule has 8 heterocycles. The van der Waals surface area contributed by atoms with Crippen LogP contribution in [-0.4, -0.2) is 187 Å². The number of carbonyl (C=O) groups is 4. The minimum Gasteiger partial charge on any atom is -0.497 e. The number of aliphatic imine (C=N–C) groups is 2. The number of thiazole rings is 2. The third-order valence-electron chi connectivity index (χ3n) is 15.7. The molecule has 20 nitrogen and oxygen atoms in total. The first-order valence-corrected chi connectivity index (χ1v) is 30.9. The maximum absolute atomic E-state index is 14.0. The van der Waals surface area contributed by atoms with Gasteiger partial charge in [0, 0.05) is 132 Å². The number of ether oxygens (including phenoxy) is 3. The smallest absolute Gasteiger partial charge is 0.338 e. The molecule has 12 rings (SSSR count). The lowest BCUT2D eigenvalue weighted by molar-refractivity contribution is -0.137. The van der Waals surface area contributed by atoms with E-state index in [4.69, 9.17) is 54.0 Å². The van der Waals surface area contributed by atoms with Crippen molar-refractivity contribution >= 4 is 87.2 Å². The van der Waals surface area contributed by atoms with Crippen molar-refractivity contribution < 1.29 is 42.2 Å². The minimum atomic E-state index is -0.846. The van der Waals surface area contributed by atoms with E-state index in [9.17, 15) is 28.0 Å². The van der Waals surface area contributed by atoms with Crippen LogP contribution in [0.2, 0.25) is 10.0 Å². The largest absolute Gasteiger partial charge is 0.497 e. The Bertz CT molecular complexity index is 4030. The van der Waals surface area contributed by atoms with Gasteiger partial charge in [0.25, 0.3) is 0 Å². The molecule has 4 saturated heterocycles. The van der Waals surface area contributed by atoms with Gasteiger partial charge in [-0.1, -0.05) is 83.3 Å². The van der Waals surface area contributed by atoms with Crippen LogP contribution >= 0.6 is 45.9 Å². The number of methoxy groups -OCH3 is 3. The van der Waals surface area contributed by atoms with Gasteiger partial charge in [0.2, 0.25) is 0 Å². The molecule has 2 aromatic heterocycles. The average molecular weight is 1290 g/mol. The van der Waals surface area contributed by atoms with Crippen LogP contribution in [0.25, 0.3) is 4.85 Å². The van der Waals surface area contributed by atoms with E-state index >= 15 is 0 Å². The zero-order valence-corrected chi connectivity index (χ0v) is 51.9. The first-order chi connectivity index (χ1) is 43.7. The zero-order chi connectivity index (χ0) is 63.0. The summed E-state index contributed by atoms with van der Waals surface area (Å²) >= 11 is 15.7. The second-order valence-corrected chi connectivity index (χ2v) is 23.9. The number of urea groups is 2. The van der Waals surface area contributed by atoms with Gasteiger partial charge in [-0.2, -0.15) is 0 Å². The molecule has 90 heavy (non-hydrogen) atoms. The summed E-state index contributed by atoms with van der Waals surface area (Å²) in [6.07, 6.45) is 3.34. The quantitative estimate of drug-likeness (QED) is 0.0637. The second-order valence-electron chi connectivity index (χ2n) is 21.3. The predicted octanol–water partition coefficient (Wildman–Crippen LogP) is 8.41. The zero-order valence-electron chi connectivity index (χ0n) is 48.8. The molecule has 460 valence electrons. The van der Waals surface area contributed by atoms with Crippen molar-refractivity contribution in [2.24, 2.45) is 9.98 Å². The van der Waals surface area contributed by atoms with Crippen molar-refractivity contribution in [1.29, 1.82) is 0 Å². The highest BCUT2D eigenvalue weighted by Gasteiger charge is 2.44. The molecule has 6 aliphatic heterocycles. The Morgan fingerprint density at radius 2 is 1.09 bits per heavy atom. The Hall–Kier alpha value is -9.19. The number of hydrogen-bond acceptors (Lipinski definition) is 17. The van der Waals surface area contributed by atoms with E-state index in [0.29, 0.717) is 128 Å². The molecule has 4 amide bonds. The number of amidine groups is 2. The van der Waals surface area contributed by atoms with Crippen LogP contribution < -0.4 is 15.4 Å². The maximum atomic E-state index is 14.0. The fraction of sp³-hybridized carbons (Fsp3) is 0.297. The van der Waals surface area contributed by atoms with Gasteiger partial charge in [0.1, 0.15) is 29.5 Å². The van der Waals surface area contributed by atoms with Gasteiger partial charge in [-0.05, 0) is 48.5 Å². The van der Waals surface area contributed by atoms with Crippen molar-refractivity contribution in [3.8, 4) is 29.4 Å². The molecule has 6 aliphatic rings. The van der Waals surface area contributed by atoms with Crippen LogP contribution in [0.3, 0.4) is 0 Å². The van der Waals surface area contributed by atoms with Gasteiger partial charge in [-0.3, -0.25) is 19.8 Å². The molecular formula is C64H57Cl2F2N13O7S2. The van der Waals surface area contributed by atoms with Gasteiger partial charge in [-0.25, -0.2) is 42.8 Å².